The molecule has 0 saturated heterocycles. The Hall–Kier alpha value is -0.933. The summed E-state index contributed by atoms with van der Waals surface area (Å²) in [7, 11) is 0. The average Bonchev–Trinajstić information content (AvgIpc) is 3.29. The van der Waals surface area contributed by atoms with Gasteiger partial charge < -0.3 is 24.8 Å². The molecule has 0 atom stereocenters. The molecule has 28 heavy (non-hydrogen) atoms. The molecule has 0 amide bonds. The van der Waals surface area contributed by atoms with Crippen LogP contribution in [-0.2, 0) is 20.1 Å². The number of benzene rings is 2. The van der Waals surface area contributed by atoms with Gasteiger partial charge in [-0.05, 0) is 0 Å². The van der Waals surface area contributed by atoms with Crippen LogP contribution in [0.4, 0.5) is 0 Å². The zero-order valence-electron chi connectivity index (χ0n) is 16.3. The Kier molecular flexibility index (Phi) is 8.95. The second-order valence-electron chi connectivity index (χ2n) is 7.02. The third-order valence-corrected chi connectivity index (χ3v) is 32.8. The first-order chi connectivity index (χ1) is 12.8. The van der Waals surface area contributed by atoms with Gasteiger partial charge in [0.05, 0.1) is 0 Å². The van der Waals surface area contributed by atoms with Crippen LogP contribution in [0.25, 0.3) is 0 Å². The standard InChI is InChI=1S/C12H10Si.2C6H7.2ClH.Hf/c1-3-7-11(8-4-1)13-12-9-5-2-6-10-12;2*1-6-4-2-3-5-6;;;/h1-10H;2*2,4H,3H2,1H3;2*1H;/q;;;;;+2/p-2. The molecule has 0 nitrogen and oxygen atoms in total. The molecule has 0 radical (unpaired) electrons. The topological polar surface area (TPSA) is 0 Å². The fourth-order valence-electron chi connectivity index (χ4n) is 3.98. The fourth-order valence-corrected chi connectivity index (χ4v) is 34.8. The van der Waals surface area contributed by atoms with Crippen molar-refractivity contribution in [2.45, 2.75) is 26.7 Å². The molecule has 0 saturated carbocycles. The molecule has 2 aliphatic rings. The van der Waals surface area contributed by atoms with Gasteiger partial charge >= 0.3 is 165 Å². The van der Waals surface area contributed by atoms with Crippen LogP contribution in [0.2, 0.25) is 0 Å². The van der Waals surface area contributed by atoms with Crippen LogP contribution < -0.4 is 35.2 Å². The quantitative estimate of drug-likeness (QED) is 0.397. The third-order valence-electron chi connectivity index (χ3n) is 5.31. The first kappa shape index (κ1) is 23.3. The summed E-state index contributed by atoms with van der Waals surface area (Å²) >= 11 is -2.25. The van der Waals surface area contributed by atoms with Crippen molar-refractivity contribution < 1.29 is 44.9 Å². The van der Waals surface area contributed by atoms with Gasteiger partial charge in [0, 0.05) is 0 Å². The van der Waals surface area contributed by atoms with Crippen molar-refractivity contribution in [3.63, 3.8) is 0 Å². The molecule has 2 aromatic carbocycles. The molecule has 4 heteroatoms. The summed E-state index contributed by atoms with van der Waals surface area (Å²) in [5, 5.41) is 3.20. The molecule has 0 aliphatic heterocycles. The predicted octanol–water partition coefficient (Wildman–Crippen LogP) is -1.11. The summed E-state index contributed by atoms with van der Waals surface area (Å²) in [6.07, 6.45) is 11.9. The largest absolute Gasteiger partial charge is 1.00 e. The minimum atomic E-state index is -2.25. The van der Waals surface area contributed by atoms with Crippen molar-refractivity contribution in [1.82, 2.24) is 0 Å². The average molecular weight is 590 g/mol. The van der Waals surface area contributed by atoms with E-state index in [0.29, 0.717) is 0 Å². The molecule has 142 valence electrons. The number of halogens is 2. The summed E-state index contributed by atoms with van der Waals surface area (Å²) in [6, 6.07) is 22.8. The molecule has 2 aromatic rings. The summed E-state index contributed by atoms with van der Waals surface area (Å²) in [6.45, 7) is 4.69. The zero-order valence-corrected chi connectivity index (χ0v) is 22.4. The van der Waals surface area contributed by atoms with Crippen molar-refractivity contribution in [1.29, 1.82) is 0 Å². The second kappa shape index (κ2) is 10.7. The summed E-state index contributed by atoms with van der Waals surface area (Å²) in [5.74, 6) is 0. The maximum Gasteiger partial charge on any atom is -1.00 e. The molecule has 0 N–H and O–H groups in total. The van der Waals surface area contributed by atoms with Crippen LogP contribution in [0.3, 0.4) is 0 Å². The molecule has 2 aliphatic carbocycles. The van der Waals surface area contributed by atoms with Gasteiger partial charge in [0.2, 0.25) is 0 Å². The molecule has 0 bridgehead atoms. The van der Waals surface area contributed by atoms with Crippen LogP contribution >= 0.6 is 0 Å². The van der Waals surface area contributed by atoms with Crippen LogP contribution in [0.1, 0.15) is 26.7 Å². The van der Waals surface area contributed by atoms with E-state index < -0.39 is 25.6 Å². The Morgan fingerprint density at radius 3 is 1.36 bits per heavy atom. The van der Waals surface area contributed by atoms with Crippen LogP contribution in [-0.4, -0.2) is 5.49 Å². The summed E-state index contributed by atoms with van der Waals surface area (Å²) in [4.78, 5) is 0. The molecular weight excluding hydrogens is 566 g/mol. The number of allylic oxidation sites excluding steroid dienone is 8. The molecule has 0 unspecified atom stereocenters. The van der Waals surface area contributed by atoms with Gasteiger partial charge in [0.15, 0.2) is 0 Å². The van der Waals surface area contributed by atoms with Crippen molar-refractivity contribution in [2.24, 2.45) is 0 Å². The Bertz CT molecular complexity index is 904. The molecule has 4 rings (SSSR count). The van der Waals surface area contributed by atoms with Gasteiger partial charge in [0.1, 0.15) is 0 Å². The van der Waals surface area contributed by atoms with E-state index >= 15 is 0 Å². The van der Waals surface area contributed by atoms with E-state index in [1.54, 1.807) is 21.5 Å². The Balaban J connectivity index is 0.00000140. The maximum absolute atomic E-state index is 2.39. The second-order valence-corrected chi connectivity index (χ2v) is 25.4. The maximum atomic E-state index is 2.39. The van der Waals surface area contributed by atoms with Crippen molar-refractivity contribution in [3.8, 4) is 0 Å². The normalized spacial score (nSPS) is 14.5. The van der Waals surface area contributed by atoms with Gasteiger partial charge in [-0.2, -0.15) is 0 Å². The van der Waals surface area contributed by atoms with E-state index in [0.717, 1.165) is 0 Å². The Morgan fingerprint density at radius 1 is 0.643 bits per heavy atom. The van der Waals surface area contributed by atoms with Crippen molar-refractivity contribution in [2.75, 3.05) is 0 Å². The van der Waals surface area contributed by atoms with Gasteiger partial charge in [-0.3, -0.25) is 0 Å². The van der Waals surface area contributed by atoms with Crippen LogP contribution in [0.5, 0.6) is 0 Å². The fraction of sp³-hybridized carbons (Fsp3) is 0.167. The molecule has 0 fully saturated rings. The van der Waals surface area contributed by atoms with E-state index in [-0.39, 0.29) is 24.8 Å². The smallest absolute Gasteiger partial charge is 1.00 e. The molecule has 0 spiro atoms. The molecule has 0 heterocycles. The monoisotopic (exact) mass is 590 g/mol. The zero-order chi connectivity index (χ0) is 17.9. The summed E-state index contributed by atoms with van der Waals surface area (Å²) < 4.78 is 3.68. The van der Waals surface area contributed by atoms with E-state index in [9.17, 15) is 0 Å². The molecule has 0 aromatic heterocycles. The van der Waals surface area contributed by atoms with Gasteiger partial charge in [-0.25, -0.2) is 0 Å². The van der Waals surface area contributed by atoms with E-state index in [1.807, 2.05) is 6.66 Å². The van der Waals surface area contributed by atoms with E-state index in [1.165, 1.54) is 12.8 Å². The number of hydrogen-bond donors (Lipinski definition) is 0. The Labute approximate surface area is 189 Å². The Morgan fingerprint density at radius 2 is 1.04 bits per heavy atom. The van der Waals surface area contributed by atoms with E-state index in [4.69, 9.17) is 0 Å². The number of rotatable bonds is 4. The van der Waals surface area contributed by atoms with Crippen molar-refractivity contribution in [3.05, 3.63) is 103 Å². The van der Waals surface area contributed by atoms with Gasteiger partial charge in [0.25, 0.3) is 0 Å². The van der Waals surface area contributed by atoms with Gasteiger partial charge in [-0.1, -0.05) is 0 Å². The molecular formula is C24H24Cl2HfSi. The van der Waals surface area contributed by atoms with Crippen LogP contribution in [0, 0.1) is 0 Å². The van der Waals surface area contributed by atoms with E-state index in [2.05, 4.69) is 98.8 Å². The first-order valence-corrected chi connectivity index (χ1v) is 19.8. The minimum Gasteiger partial charge on any atom is -1.00 e. The van der Waals surface area contributed by atoms with Crippen LogP contribution in [0.15, 0.2) is 103 Å². The number of hydrogen-bond acceptors (Lipinski definition) is 0. The minimum absolute atomic E-state index is 0. The van der Waals surface area contributed by atoms with Gasteiger partial charge in [-0.15, -0.1) is 0 Å². The predicted molar refractivity (Wildman–Crippen MR) is 111 cm³/mol. The SMILES string of the molecule is CC1=[C]([Hf+2]([C]2=C(C)C=CC2)=[Si](c2ccccc2)c2ccccc2)CC=C1.[Cl-].[Cl-]. The third kappa shape index (κ3) is 4.79. The summed E-state index contributed by atoms with van der Waals surface area (Å²) in [5.41, 5.74) is 2.38. The first-order valence-electron chi connectivity index (χ1n) is 9.34. The van der Waals surface area contributed by atoms with Crippen molar-refractivity contribution >= 4 is 15.9 Å².